The minimum absolute atomic E-state index is 0.0435. The molecule has 1 aliphatic heterocycles. The Labute approximate surface area is 162 Å². The largest absolute Gasteiger partial charge is 0.303 e. The zero-order valence-electron chi connectivity index (χ0n) is 16.7. The maximum atomic E-state index is 11.8. The van der Waals surface area contributed by atoms with Gasteiger partial charge in [0.2, 0.25) is 0 Å². The van der Waals surface area contributed by atoms with Crippen molar-refractivity contribution in [3.63, 3.8) is 0 Å². The van der Waals surface area contributed by atoms with Crippen molar-refractivity contribution in [3.05, 3.63) is 10.6 Å². The number of nitrogens with zero attached hydrogens (tertiary/aromatic N) is 5. The highest BCUT2D eigenvalue weighted by molar-refractivity contribution is 7.91. The van der Waals surface area contributed by atoms with E-state index in [-0.39, 0.29) is 23.6 Å². The first-order chi connectivity index (χ1) is 12.2. The summed E-state index contributed by atoms with van der Waals surface area (Å²) < 4.78 is 28.3. The fourth-order valence-corrected chi connectivity index (χ4v) is 5.64. The van der Waals surface area contributed by atoms with Crippen LogP contribution >= 0.6 is 12.2 Å². The molecule has 1 fully saturated rings. The van der Waals surface area contributed by atoms with Crippen molar-refractivity contribution in [2.75, 3.05) is 32.6 Å². The molecule has 0 saturated carbocycles. The maximum Gasteiger partial charge on any atom is 0.199 e. The molecule has 1 saturated heterocycles. The van der Waals surface area contributed by atoms with E-state index in [9.17, 15) is 8.42 Å². The van der Waals surface area contributed by atoms with E-state index in [4.69, 9.17) is 17.3 Å². The monoisotopic (exact) mass is 403 g/mol. The van der Waals surface area contributed by atoms with Crippen molar-refractivity contribution in [3.8, 4) is 0 Å². The molecule has 2 rings (SSSR count). The van der Waals surface area contributed by atoms with Gasteiger partial charge in [-0.05, 0) is 52.6 Å². The molecule has 2 unspecified atom stereocenters. The van der Waals surface area contributed by atoms with Gasteiger partial charge in [0.25, 0.3) is 0 Å². The number of hydrogen-bond acceptors (Lipinski definition) is 6. The number of hydrogen-bond donors (Lipinski definition) is 0. The van der Waals surface area contributed by atoms with Crippen LogP contribution in [-0.2, 0) is 23.1 Å². The third-order valence-corrected chi connectivity index (χ3v) is 7.37. The Bertz CT molecular complexity index is 754. The summed E-state index contributed by atoms with van der Waals surface area (Å²) in [6.45, 7) is 5.73. The zero-order valence-corrected chi connectivity index (χ0v) is 18.3. The second-order valence-corrected chi connectivity index (χ2v) is 10.1. The van der Waals surface area contributed by atoms with Gasteiger partial charge in [-0.15, -0.1) is 0 Å². The smallest absolute Gasteiger partial charge is 0.199 e. The third kappa shape index (κ3) is 4.94. The lowest BCUT2D eigenvalue weighted by Gasteiger charge is -2.23. The molecule has 9 heteroatoms. The standard InChI is InChI=1S/C17H33N5O2S2/c1-6-8-10-21-16(15(7-2)19(3)4)18-22(17(21)25)13-20(5)14-9-11-26(23,24)12-14/h14-15H,6-13H2,1-5H3. The zero-order chi connectivity index (χ0) is 19.5. The molecule has 26 heavy (non-hydrogen) atoms. The van der Waals surface area contributed by atoms with Crippen molar-refractivity contribution in [2.45, 2.75) is 64.8 Å². The lowest BCUT2D eigenvalue weighted by molar-refractivity contribution is 0.194. The number of sulfone groups is 1. The fourth-order valence-electron chi connectivity index (χ4n) is 3.55. The van der Waals surface area contributed by atoms with E-state index in [1.807, 2.05) is 11.7 Å². The molecule has 1 aromatic heterocycles. The van der Waals surface area contributed by atoms with Crippen LogP contribution in [-0.4, -0.2) is 71.3 Å². The van der Waals surface area contributed by atoms with Gasteiger partial charge in [0.1, 0.15) is 5.82 Å². The Balaban J connectivity index is 2.28. The van der Waals surface area contributed by atoms with Crippen LogP contribution in [0.3, 0.4) is 0 Å². The quantitative estimate of drug-likeness (QED) is 0.590. The Morgan fingerprint density at radius 3 is 2.50 bits per heavy atom. The molecule has 7 nitrogen and oxygen atoms in total. The lowest BCUT2D eigenvalue weighted by Crippen LogP contribution is -2.34. The average molecular weight is 404 g/mol. The molecule has 0 amide bonds. The summed E-state index contributed by atoms with van der Waals surface area (Å²) in [6, 6.07) is 0.258. The predicted octanol–water partition coefficient (Wildman–Crippen LogP) is 2.30. The van der Waals surface area contributed by atoms with Crippen LogP contribution in [0, 0.1) is 4.77 Å². The van der Waals surface area contributed by atoms with Crippen LogP contribution in [0.1, 0.15) is 51.4 Å². The van der Waals surface area contributed by atoms with Crippen LogP contribution in [0.25, 0.3) is 0 Å². The molecule has 150 valence electrons. The molecular weight excluding hydrogens is 370 g/mol. The summed E-state index contributed by atoms with van der Waals surface area (Å²) >= 11 is 5.72. The molecule has 0 spiro atoms. The summed E-state index contributed by atoms with van der Waals surface area (Å²) in [7, 11) is 3.19. The van der Waals surface area contributed by atoms with Crippen LogP contribution < -0.4 is 0 Å². The van der Waals surface area contributed by atoms with E-state index < -0.39 is 9.84 Å². The van der Waals surface area contributed by atoms with E-state index >= 15 is 0 Å². The van der Waals surface area contributed by atoms with Crippen molar-refractivity contribution in [2.24, 2.45) is 0 Å². The minimum Gasteiger partial charge on any atom is -0.303 e. The number of aromatic nitrogens is 3. The highest BCUT2D eigenvalue weighted by Crippen LogP contribution is 2.22. The SMILES string of the molecule is CCCCn1c(C(CC)N(C)C)nn(CN(C)C2CCS(=O)(=O)C2)c1=S. The minimum atomic E-state index is -2.90. The first-order valence-electron chi connectivity index (χ1n) is 9.44. The second-order valence-electron chi connectivity index (χ2n) is 7.49. The first-order valence-corrected chi connectivity index (χ1v) is 11.7. The predicted molar refractivity (Wildman–Crippen MR) is 107 cm³/mol. The summed E-state index contributed by atoms with van der Waals surface area (Å²) in [5, 5.41) is 4.85. The van der Waals surface area contributed by atoms with Gasteiger partial charge < -0.3 is 4.57 Å². The average Bonchev–Trinajstić information content (AvgIpc) is 3.07. The van der Waals surface area contributed by atoms with E-state index in [1.54, 1.807) is 0 Å². The van der Waals surface area contributed by atoms with Crippen molar-refractivity contribution >= 4 is 22.1 Å². The van der Waals surface area contributed by atoms with Gasteiger partial charge in [0, 0.05) is 12.6 Å². The van der Waals surface area contributed by atoms with E-state index in [1.165, 1.54) is 0 Å². The van der Waals surface area contributed by atoms with Gasteiger partial charge in [0.15, 0.2) is 14.6 Å². The molecule has 0 aliphatic carbocycles. The number of unbranched alkanes of at least 4 members (excludes halogenated alkanes) is 1. The van der Waals surface area contributed by atoms with Gasteiger partial charge in [-0.1, -0.05) is 20.3 Å². The van der Waals surface area contributed by atoms with Crippen LogP contribution in [0.4, 0.5) is 0 Å². The molecule has 2 heterocycles. The van der Waals surface area contributed by atoms with Crippen LogP contribution in [0.2, 0.25) is 0 Å². The normalized spacial score (nSPS) is 21.0. The molecule has 0 bridgehead atoms. The number of rotatable bonds is 9. The van der Waals surface area contributed by atoms with Gasteiger partial charge in [-0.2, -0.15) is 5.10 Å². The van der Waals surface area contributed by atoms with E-state index in [0.29, 0.717) is 13.1 Å². The van der Waals surface area contributed by atoms with E-state index in [2.05, 4.69) is 42.3 Å². The molecular formula is C17H33N5O2S2. The van der Waals surface area contributed by atoms with E-state index in [0.717, 1.165) is 36.4 Å². The Morgan fingerprint density at radius 2 is 2.00 bits per heavy atom. The highest BCUT2D eigenvalue weighted by Gasteiger charge is 2.31. The molecule has 0 aromatic carbocycles. The Kier molecular flexibility index (Phi) is 7.41. The van der Waals surface area contributed by atoms with Crippen LogP contribution in [0.15, 0.2) is 0 Å². The third-order valence-electron chi connectivity index (χ3n) is 5.18. The second kappa shape index (κ2) is 8.95. The van der Waals surface area contributed by atoms with Crippen molar-refractivity contribution in [1.82, 2.24) is 24.1 Å². The fraction of sp³-hybridized carbons (Fsp3) is 0.882. The highest BCUT2D eigenvalue weighted by atomic mass is 32.2. The first kappa shape index (κ1) is 21.5. The maximum absolute atomic E-state index is 11.8. The summed E-state index contributed by atoms with van der Waals surface area (Å²) in [5.41, 5.74) is 0. The molecule has 0 radical (unpaired) electrons. The Morgan fingerprint density at radius 1 is 1.31 bits per heavy atom. The van der Waals surface area contributed by atoms with Crippen molar-refractivity contribution < 1.29 is 8.42 Å². The van der Waals surface area contributed by atoms with Gasteiger partial charge >= 0.3 is 0 Å². The summed E-state index contributed by atoms with van der Waals surface area (Å²) in [4.78, 5) is 4.25. The van der Waals surface area contributed by atoms with Crippen LogP contribution in [0.5, 0.6) is 0 Å². The molecule has 2 atom stereocenters. The molecule has 1 aliphatic rings. The topological polar surface area (TPSA) is 63.4 Å². The molecule has 0 N–H and O–H groups in total. The van der Waals surface area contributed by atoms with Gasteiger partial charge in [0.05, 0.1) is 24.2 Å². The molecule has 1 aromatic rings. The summed E-state index contributed by atoms with van der Waals surface area (Å²) in [5.74, 6) is 1.51. The van der Waals surface area contributed by atoms with Crippen molar-refractivity contribution in [1.29, 1.82) is 0 Å². The van der Waals surface area contributed by atoms with Gasteiger partial charge in [-0.3, -0.25) is 9.80 Å². The Hall–Kier alpha value is -0.770. The van der Waals surface area contributed by atoms with Gasteiger partial charge in [-0.25, -0.2) is 13.1 Å². The summed E-state index contributed by atoms with van der Waals surface area (Å²) in [6.07, 6.45) is 3.81. The lowest BCUT2D eigenvalue weighted by atomic mass is 10.2.